The van der Waals surface area contributed by atoms with Gasteiger partial charge in [-0.05, 0) is 53.7 Å². The molecule has 0 unspecified atom stereocenters. The summed E-state index contributed by atoms with van der Waals surface area (Å²) in [5.74, 6) is -0.956. The Morgan fingerprint density at radius 3 is 1.89 bits per heavy atom. The highest BCUT2D eigenvalue weighted by atomic mass is 16.4. The average molecular weight is 242 g/mol. The molecule has 0 aliphatic carbocycles. The van der Waals surface area contributed by atoms with E-state index in [4.69, 9.17) is 5.11 Å². The minimum atomic E-state index is -0.956. The van der Waals surface area contributed by atoms with Crippen molar-refractivity contribution in [1.29, 1.82) is 0 Å². The fraction of sp³-hybridized carbons (Fsp3) is 0. The maximum absolute atomic E-state index is 10.7. The van der Waals surface area contributed by atoms with Crippen molar-refractivity contribution in [3.63, 3.8) is 0 Å². The molecule has 5 nitrogen and oxygen atoms in total. The number of benzene rings is 2. The molecule has 0 saturated heterocycles. The van der Waals surface area contributed by atoms with Gasteiger partial charge >= 0.3 is 5.97 Å². The molecule has 2 N–H and O–H groups in total. The van der Waals surface area contributed by atoms with Crippen molar-refractivity contribution in [2.75, 3.05) is 5.32 Å². The van der Waals surface area contributed by atoms with Gasteiger partial charge in [-0.2, -0.15) is 0 Å². The number of nitrogens with one attached hydrogen (secondary N) is 1. The van der Waals surface area contributed by atoms with Crippen LogP contribution in [0, 0.1) is 4.91 Å². The molecule has 90 valence electrons. The average Bonchev–Trinajstić information content (AvgIpc) is 2.40. The van der Waals surface area contributed by atoms with E-state index in [0.29, 0.717) is 5.69 Å². The third-order valence-corrected chi connectivity index (χ3v) is 2.39. The van der Waals surface area contributed by atoms with Crippen LogP contribution in [0.5, 0.6) is 0 Å². The van der Waals surface area contributed by atoms with Gasteiger partial charge in [-0.25, -0.2) is 4.79 Å². The summed E-state index contributed by atoms with van der Waals surface area (Å²) < 4.78 is 0. The van der Waals surface area contributed by atoms with Gasteiger partial charge in [0.05, 0.1) is 5.56 Å². The molecule has 18 heavy (non-hydrogen) atoms. The highest BCUT2D eigenvalue weighted by Gasteiger charge is 2.01. The predicted octanol–water partition coefficient (Wildman–Crippen LogP) is 3.53. The van der Waals surface area contributed by atoms with Crippen molar-refractivity contribution in [3.05, 3.63) is 59.0 Å². The lowest BCUT2D eigenvalue weighted by Gasteiger charge is -2.06. The number of hydrogen-bond donors (Lipinski definition) is 2. The van der Waals surface area contributed by atoms with E-state index in [9.17, 15) is 9.70 Å². The van der Waals surface area contributed by atoms with Gasteiger partial charge in [0.2, 0.25) is 0 Å². The van der Waals surface area contributed by atoms with E-state index in [2.05, 4.69) is 10.5 Å². The standard InChI is InChI=1S/C13H10N2O3/c16-13(17)9-1-3-10(4-2-9)14-11-5-7-12(15-18)8-6-11/h1-8,14H,(H,16,17). The second-order valence-corrected chi connectivity index (χ2v) is 3.65. The summed E-state index contributed by atoms with van der Waals surface area (Å²) in [6, 6.07) is 13.0. The Morgan fingerprint density at radius 2 is 1.44 bits per heavy atom. The van der Waals surface area contributed by atoms with E-state index in [1.165, 1.54) is 12.1 Å². The minimum absolute atomic E-state index is 0.237. The first-order chi connectivity index (χ1) is 8.69. The fourth-order valence-electron chi connectivity index (χ4n) is 1.47. The Hall–Kier alpha value is -2.69. The molecule has 2 aromatic carbocycles. The second-order valence-electron chi connectivity index (χ2n) is 3.65. The van der Waals surface area contributed by atoms with Crippen LogP contribution in [0.4, 0.5) is 17.1 Å². The third-order valence-electron chi connectivity index (χ3n) is 2.39. The number of aromatic carboxylic acids is 1. The SMILES string of the molecule is O=Nc1ccc(Nc2ccc(C(=O)O)cc2)cc1. The van der Waals surface area contributed by atoms with Crippen molar-refractivity contribution in [2.24, 2.45) is 5.18 Å². The molecule has 2 rings (SSSR count). The Bertz CT molecular complexity index is 562. The van der Waals surface area contributed by atoms with Crippen LogP contribution in [0.15, 0.2) is 53.7 Å². The van der Waals surface area contributed by atoms with E-state index in [-0.39, 0.29) is 5.56 Å². The van der Waals surface area contributed by atoms with Gasteiger partial charge < -0.3 is 10.4 Å². The van der Waals surface area contributed by atoms with Gasteiger partial charge in [0, 0.05) is 11.4 Å². The van der Waals surface area contributed by atoms with E-state index in [1.54, 1.807) is 36.4 Å². The molecule has 0 radical (unpaired) electrons. The molecule has 0 atom stereocenters. The van der Waals surface area contributed by atoms with E-state index in [0.717, 1.165) is 11.4 Å². The molecule has 0 aliphatic heterocycles. The van der Waals surface area contributed by atoms with E-state index in [1.807, 2.05) is 0 Å². The number of hydrogen-bond acceptors (Lipinski definition) is 4. The van der Waals surface area contributed by atoms with Crippen LogP contribution in [0.3, 0.4) is 0 Å². The van der Waals surface area contributed by atoms with Crippen molar-refractivity contribution in [1.82, 2.24) is 0 Å². The molecule has 2 aromatic rings. The summed E-state index contributed by atoms with van der Waals surface area (Å²) in [6.45, 7) is 0. The zero-order valence-corrected chi connectivity index (χ0v) is 9.33. The van der Waals surface area contributed by atoms with Crippen molar-refractivity contribution in [3.8, 4) is 0 Å². The maximum Gasteiger partial charge on any atom is 0.335 e. The summed E-state index contributed by atoms with van der Waals surface area (Å²) in [7, 11) is 0. The first-order valence-electron chi connectivity index (χ1n) is 5.23. The largest absolute Gasteiger partial charge is 0.478 e. The molecule has 0 saturated carbocycles. The highest BCUT2D eigenvalue weighted by Crippen LogP contribution is 2.20. The fourth-order valence-corrected chi connectivity index (χ4v) is 1.47. The summed E-state index contributed by atoms with van der Waals surface area (Å²) in [4.78, 5) is 20.9. The molecule has 0 amide bonds. The molecular formula is C13H10N2O3. The molecule has 0 spiro atoms. The normalized spacial score (nSPS) is 9.78. The Morgan fingerprint density at radius 1 is 0.944 bits per heavy atom. The van der Waals surface area contributed by atoms with Gasteiger partial charge in [0.15, 0.2) is 0 Å². The summed E-state index contributed by atoms with van der Waals surface area (Å²) in [6.07, 6.45) is 0. The molecule has 0 fully saturated rings. The monoisotopic (exact) mass is 242 g/mol. The minimum Gasteiger partial charge on any atom is -0.478 e. The summed E-state index contributed by atoms with van der Waals surface area (Å²) in [5, 5.41) is 14.7. The van der Waals surface area contributed by atoms with Crippen molar-refractivity contribution < 1.29 is 9.90 Å². The van der Waals surface area contributed by atoms with Gasteiger partial charge in [-0.3, -0.25) is 0 Å². The number of carboxylic acids is 1. The lowest BCUT2D eigenvalue weighted by Crippen LogP contribution is -1.96. The van der Waals surface area contributed by atoms with Crippen molar-refractivity contribution >= 4 is 23.0 Å². The van der Waals surface area contributed by atoms with Crippen LogP contribution in [0.2, 0.25) is 0 Å². The van der Waals surface area contributed by atoms with Gasteiger partial charge in [-0.1, -0.05) is 0 Å². The van der Waals surface area contributed by atoms with Crippen molar-refractivity contribution in [2.45, 2.75) is 0 Å². The number of nitroso groups, excluding NO2 is 1. The topological polar surface area (TPSA) is 78.8 Å². The number of carboxylic acid groups (broad SMARTS) is 1. The number of rotatable bonds is 4. The summed E-state index contributed by atoms with van der Waals surface area (Å²) >= 11 is 0. The van der Waals surface area contributed by atoms with Crippen LogP contribution >= 0.6 is 0 Å². The van der Waals surface area contributed by atoms with E-state index >= 15 is 0 Å². The molecule has 0 aliphatic rings. The first-order valence-corrected chi connectivity index (χ1v) is 5.23. The van der Waals surface area contributed by atoms with Gasteiger partial charge in [0.25, 0.3) is 0 Å². The Balaban J connectivity index is 2.12. The number of carbonyl (C=O) groups is 1. The smallest absolute Gasteiger partial charge is 0.335 e. The highest BCUT2D eigenvalue weighted by molar-refractivity contribution is 5.88. The van der Waals surface area contributed by atoms with Crippen LogP contribution in [0.1, 0.15) is 10.4 Å². The zero-order chi connectivity index (χ0) is 13.0. The molecule has 0 aromatic heterocycles. The summed E-state index contributed by atoms with van der Waals surface area (Å²) in [5.41, 5.74) is 2.17. The number of anilines is 2. The Labute approximate surface area is 103 Å². The lowest BCUT2D eigenvalue weighted by atomic mass is 10.2. The Kier molecular flexibility index (Phi) is 3.33. The van der Waals surface area contributed by atoms with Crippen LogP contribution in [-0.4, -0.2) is 11.1 Å². The van der Waals surface area contributed by atoms with Gasteiger partial charge in [-0.15, -0.1) is 4.91 Å². The van der Waals surface area contributed by atoms with Crippen LogP contribution in [0.25, 0.3) is 0 Å². The number of nitrogens with zero attached hydrogens (tertiary/aromatic N) is 1. The first kappa shape index (κ1) is 11.8. The second kappa shape index (κ2) is 5.09. The van der Waals surface area contributed by atoms with Gasteiger partial charge in [0.1, 0.15) is 5.69 Å². The lowest BCUT2D eigenvalue weighted by molar-refractivity contribution is 0.0697. The quantitative estimate of drug-likeness (QED) is 0.804. The van der Waals surface area contributed by atoms with Crippen LogP contribution < -0.4 is 5.32 Å². The predicted molar refractivity (Wildman–Crippen MR) is 68.6 cm³/mol. The van der Waals surface area contributed by atoms with Crippen LogP contribution in [-0.2, 0) is 0 Å². The zero-order valence-electron chi connectivity index (χ0n) is 9.33. The molecule has 0 bridgehead atoms. The maximum atomic E-state index is 10.7. The molecular weight excluding hydrogens is 232 g/mol. The molecule has 0 heterocycles. The third kappa shape index (κ3) is 2.70. The molecule has 5 heteroatoms. The van der Waals surface area contributed by atoms with E-state index < -0.39 is 5.97 Å².